The first-order valence-corrected chi connectivity index (χ1v) is 9.13. The van der Waals surface area contributed by atoms with Crippen LogP contribution in [-0.4, -0.2) is 17.5 Å². The molecule has 0 aromatic carbocycles. The number of amides is 1. The van der Waals surface area contributed by atoms with Crippen molar-refractivity contribution in [2.45, 2.75) is 45.1 Å². The van der Waals surface area contributed by atoms with Crippen molar-refractivity contribution in [3.05, 3.63) is 33.0 Å². The Hall–Kier alpha value is -1.24. The van der Waals surface area contributed by atoms with Crippen molar-refractivity contribution in [3.8, 4) is 0 Å². The molecule has 0 spiro atoms. The SMILES string of the molecule is CC(C)(C)c1csc(NC(=O)CC2OCCc3ccsc32)n1. The number of ether oxygens (including phenoxy) is 1. The van der Waals surface area contributed by atoms with Gasteiger partial charge in [-0.3, -0.25) is 4.79 Å². The lowest BCUT2D eigenvalue weighted by atomic mass is 9.93. The van der Waals surface area contributed by atoms with E-state index in [-0.39, 0.29) is 17.4 Å². The first kappa shape index (κ1) is 15.6. The van der Waals surface area contributed by atoms with Gasteiger partial charge in [0.1, 0.15) is 6.10 Å². The van der Waals surface area contributed by atoms with Crippen LogP contribution in [0, 0.1) is 0 Å². The van der Waals surface area contributed by atoms with Gasteiger partial charge in [-0.2, -0.15) is 0 Å². The van der Waals surface area contributed by atoms with Gasteiger partial charge in [0.15, 0.2) is 5.13 Å². The smallest absolute Gasteiger partial charge is 0.229 e. The van der Waals surface area contributed by atoms with E-state index in [2.05, 4.69) is 42.5 Å². The molecular formula is C16H20N2O2S2. The number of carbonyl (C=O) groups excluding carboxylic acids is 1. The molecule has 22 heavy (non-hydrogen) atoms. The molecule has 0 radical (unpaired) electrons. The van der Waals surface area contributed by atoms with Gasteiger partial charge in [-0.15, -0.1) is 22.7 Å². The number of thiazole rings is 1. The number of fused-ring (bicyclic) bond motifs is 1. The van der Waals surface area contributed by atoms with Crippen LogP contribution in [0.2, 0.25) is 0 Å². The Kier molecular flexibility index (Phi) is 4.34. The molecule has 0 aliphatic carbocycles. The summed E-state index contributed by atoms with van der Waals surface area (Å²) in [6, 6.07) is 2.13. The van der Waals surface area contributed by atoms with Gasteiger partial charge in [0.2, 0.25) is 5.91 Å². The van der Waals surface area contributed by atoms with Crippen LogP contribution < -0.4 is 5.32 Å². The highest BCUT2D eigenvalue weighted by Crippen LogP contribution is 2.34. The Balaban J connectivity index is 1.63. The summed E-state index contributed by atoms with van der Waals surface area (Å²) in [5.41, 5.74) is 2.32. The number of rotatable bonds is 3. The maximum absolute atomic E-state index is 12.3. The van der Waals surface area contributed by atoms with Crippen molar-refractivity contribution in [1.29, 1.82) is 0 Å². The van der Waals surface area contributed by atoms with E-state index in [0.29, 0.717) is 18.2 Å². The van der Waals surface area contributed by atoms with Gasteiger partial charge < -0.3 is 10.1 Å². The van der Waals surface area contributed by atoms with E-state index in [1.165, 1.54) is 21.8 Å². The topological polar surface area (TPSA) is 51.2 Å². The molecule has 0 fully saturated rings. The van der Waals surface area contributed by atoms with Crippen LogP contribution in [0.3, 0.4) is 0 Å². The van der Waals surface area contributed by atoms with Gasteiger partial charge in [-0.25, -0.2) is 4.98 Å². The molecule has 4 nitrogen and oxygen atoms in total. The molecular weight excluding hydrogens is 316 g/mol. The molecule has 2 aromatic heterocycles. The maximum Gasteiger partial charge on any atom is 0.229 e. The predicted octanol–water partition coefficient (Wildman–Crippen LogP) is 4.14. The molecule has 1 aliphatic rings. The number of anilines is 1. The average Bonchev–Trinajstić information content (AvgIpc) is 3.06. The van der Waals surface area contributed by atoms with E-state index in [1.807, 2.05) is 5.38 Å². The lowest BCUT2D eigenvalue weighted by Gasteiger charge is -2.22. The molecule has 0 bridgehead atoms. The average molecular weight is 336 g/mol. The lowest BCUT2D eigenvalue weighted by Crippen LogP contribution is -2.21. The zero-order chi connectivity index (χ0) is 15.7. The Morgan fingerprint density at radius 2 is 2.27 bits per heavy atom. The minimum absolute atomic E-state index is 0.00215. The zero-order valence-electron chi connectivity index (χ0n) is 13.0. The number of carbonyl (C=O) groups is 1. The number of nitrogens with one attached hydrogen (secondary N) is 1. The van der Waals surface area contributed by atoms with Gasteiger partial charge in [-0.1, -0.05) is 20.8 Å². The zero-order valence-corrected chi connectivity index (χ0v) is 14.6. The molecule has 1 unspecified atom stereocenters. The number of hydrogen-bond donors (Lipinski definition) is 1. The molecule has 0 saturated heterocycles. The molecule has 1 aliphatic heterocycles. The minimum Gasteiger partial charge on any atom is -0.372 e. The molecule has 118 valence electrons. The van der Waals surface area contributed by atoms with Crippen LogP contribution in [0.4, 0.5) is 5.13 Å². The first-order valence-electron chi connectivity index (χ1n) is 7.37. The van der Waals surface area contributed by atoms with Gasteiger partial charge in [0, 0.05) is 15.7 Å². The third kappa shape index (κ3) is 3.39. The Labute approximate surface area is 138 Å². The normalized spacial score (nSPS) is 18.0. The van der Waals surface area contributed by atoms with Crippen LogP contribution in [0.5, 0.6) is 0 Å². The fourth-order valence-electron chi connectivity index (χ4n) is 2.39. The standard InChI is InChI=1S/C16H20N2O2S2/c1-16(2,3)12-9-22-15(17-12)18-13(19)8-11-14-10(4-6-20-11)5-7-21-14/h5,7,9,11H,4,6,8H2,1-3H3,(H,17,18,19). The van der Waals surface area contributed by atoms with Crippen LogP contribution >= 0.6 is 22.7 Å². The van der Waals surface area contributed by atoms with E-state index in [4.69, 9.17) is 4.74 Å². The van der Waals surface area contributed by atoms with E-state index in [9.17, 15) is 4.79 Å². The van der Waals surface area contributed by atoms with Crippen molar-refractivity contribution in [2.24, 2.45) is 0 Å². The van der Waals surface area contributed by atoms with Gasteiger partial charge in [0.25, 0.3) is 0 Å². The molecule has 2 aromatic rings. The summed E-state index contributed by atoms with van der Waals surface area (Å²) in [4.78, 5) is 17.9. The van der Waals surface area contributed by atoms with Crippen molar-refractivity contribution in [3.63, 3.8) is 0 Å². The molecule has 6 heteroatoms. The molecule has 3 rings (SSSR count). The summed E-state index contributed by atoms with van der Waals surface area (Å²) in [6.07, 6.45) is 1.17. The molecule has 0 saturated carbocycles. The number of aromatic nitrogens is 1. The minimum atomic E-state index is -0.120. The lowest BCUT2D eigenvalue weighted by molar-refractivity contribution is -0.119. The number of hydrogen-bond acceptors (Lipinski definition) is 5. The second kappa shape index (κ2) is 6.10. The van der Waals surface area contributed by atoms with Gasteiger partial charge in [-0.05, 0) is 23.4 Å². The van der Waals surface area contributed by atoms with Crippen LogP contribution in [0.25, 0.3) is 0 Å². The van der Waals surface area contributed by atoms with E-state index >= 15 is 0 Å². The monoisotopic (exact) mass is 336 g/mol. The maximum atomic E-state index is 12.3. The third-order valence-electron chi connectivity index (χ3n) is 3.65. The summed E-state index contributed by atoms with van der Waals surface area (Å²) in [6.45, 7) is 7.03. The highest BCUT2D eigenvalue weighted by Gasteiger charge is 2.25. The van der Waals surface area contributed by atoms with E-state index in [1.54, 1.807) is 11.3 Å². The van der Waals surface area contributed by atoms with Crippen LogP contribution in [-0.2, 0) is 21.4 Å². The Morgan fingerprint density at radius 3 is 3.00 bits per heavy atom. The predicted molar refractivity (Wildman–Crippen MR) is 90.8 cm³/mol. The number of thiophene rings is 1. The summed E-state index contributed by atoms with van der Waals surface area (Å²) in [5.74, 6) is -0.0407. The quantitative estimate of drug-likeness (QED) is 0.916. The van der Waals surface area contributed by atoms with Crippen molar-refractivity contribution < 1.29 is 9.53 Å². The molecule has 3 heterocycles. The first-order chi connectivity index (χ1) is 10.4. The fraction of sp³-hybridized carbons (Fsp3) is 0.500. The Morgan fingerprint density at radius 1 is 1.45 bits per heavy atom. The summed E-state index contributed by atoms with van der Waals surface area (Å²) in [7, 11) is 0. The highest BCUT2D eigenvalue weighted by atomic mass is 32.1. The van der Waals surface area contributed by atoms with Gasteiger partial charge in [0.05, 0.1) is 18.7 Å². The highest BCUT2D eigenvalue weighted by molar-refractivity contribution is 7.14. The Bertz CT molecular complexity index is 670. The van der Waals surface area contributed by atoms with E-state index in [0.717, 1.165) is 12.1 Å². The third-order valence-corrected chi connectivity index (χ3v) is 5.46. The van der Waals surface area contributed by atoms with Crippen LogP contribution in [0.15, 0.2) is 16.8 Å². The fourth-order valence-corrected chi connectivity index (χ4v) is 4.35. The molecule has 1 atom stereocenters. The van der Waals surface area contributed by atoms with Crippen molar-refractivity contribution >= 4 is 33.7 Å². The molecule has 1 N–H and O–H groups in total. The van der Waals surface area contributed by atoms with E-state index < -0.39 is 0 Å². The summed E-state index contributed by atoms with van der Waals surface area (Å²) in [5, 5.41) is 7.64. The van der Waals surface area contributed by atoms with Gasteiger partial charge >= 0.3 is 0 Å². The summed E-state index contributed by atoms with van der Waals surface area (Å²) >= 11 is 3.14. The molecule has 1 amide bonds. The largest absolute Gasteiger partial charge is 0.372 e. The van der Waals surface area contributed by atoms with Crippen LogP contribution in [0.1, 0.15) is 49.4 Å². The second-order valence-corrected chi connectivity index (χ2v) is 8.27. The second-order valence-electron chi connectivity index (χ2n) is 6.46. The van der Waals surface area contributed by atoms with Crippen molar-refractivity contribution in [2.75, 3.05) is 11.9 Å². The number of nitrogens with zero attached hydrogens (tertiary/aromatic N) is 1. The summed E-state index contributed by atoms with van der Waals surface area (Å²) < 4.78 is 5.76. The van der Waals surface area contributed by atoms with Crippen molar-refractivity contribution in [1.82, 2.24) is 4.98 Å².